The quantitative estimate of drug-likeness (QED) is 0.721. The highest BCUT2D eigenvalue weighted by Gasteiger charge is 2.34. The lowest BCUT2D eigenvalue weighted by atomic mass is 10.0. The van der Waals surface area contributed by atoms with Crippen molar-refractivity contribution in [1.29, 1.82) is 0 Å². The normalized spacial score (nSPS) is 22.4. The Kier molecular flexibility index (Phi) is 5.33. The van der Waals surface area contributed by atoms with Crippen LogP contribution in [0.1, 0.15) is 25.8 Å². The number of alkyl halides is 3. The van der Waals surface area contributed by atoms with Gasteiger partial charge in [0.1, 0.15) is 0 Å². The van der Waals surface area contributed by atoms with Crippen LogP contribution in [0.25, 0.3) is 0 Å². The molecule has 22 heavy (non-hydrogen) atoms. The van der Waals surface area contributed by atoms with Crippen molar-refractivity contribution in [3.05, 3.63) is 28.8 Å². The molecule has 0 amide bonds. The molecular formula is C15H18ClF3N2S. The minimum absolute atomic E-state index is 0.274. The van der Waals surface area contributed by atoms with Crippen LogP contribution in [0, 0.1) is 5.92 Å². The maximum absolute atomic E-state index is 12.9. The Labute approximate surface area is 137 Å². The van der Waals surface area contributed by atoms with E-state index in [-0.39, 0.29) is 10.7 Å². The molecule has 0 spiro atoms. The Hall–Kier alpha value is -0.880. The lowest BCUT2D eigenvalue weighted by Crippen LogP contribution is -2.34. The molecule has 0 aliphatic carbocycles. The van der Waals surface area contributed by atoms with E-state index in [1.807, 2.05) is 7.05 Å². The Balaban J connectivity index is 2.27. The summed E-state index contributed by atoms with van der Waals surface area (Å²) in [7, 11) is 1.94. The van der Waals surface area contributed by atoms with Crippen molar-refractivity contribution < 1.29 is 13.2 Å². The first-order valence-corrected chi connectivity index (χ1v) is 8.41. The van der Waals surface area contributed by atoms with E-state index in [0.717, 1.165) is 23.4 Å². The van der Waals surface area contributed by atoms with Crippen molar-refractivity contribution in [2.75, 3.05) is 12.8 Å². The number of thioether (sulfide) groups is 1. The summed E-state index contributed by atoms with van der Waals surface area (Å²) in [5.41, 5.74) is -0.573. The summed E-state index contributed by atoms with van der Waals surface area (Å²) in [6.45, 7) is 4.31. The smallest absolute Gasteiger partial charge is 0.350 e. The standard InChI is InChI=1S/C15H18ClF3N2S/c1-4-9(2)13-8-22-14(21(13)3)20-10-5-6-12(16)11(7-10)15(17,18)19/h5-7,9,13H,4,8H2,1-3H3. The van der Waals surface area contributed by atoms with Gasteiger partial charge in [-0.2, -0.15) is 13.2 Å². The number of nitrogens with zero attached hydrogens (tertiary/aromatic N) is 2. The van der Waals surface area contributed by atoms with Gasteiger partial charge >= 0.3 is 6.18 Å². The lowest BCUT2D eigenvalue weighted by Gasteiger charge is -2.25. The van der Waals surface area contributed by atoms with Gasteiger partial charge in [0.2, 0.25) is 0 Å². The lowest BCUT2D eigenvalue weighted by molar-refractivity contribution is -0.137. The second kappa shape index (κ2) is 6.71. The summed E-state index contributed by atoms with van der Waals surface area (Å²) in [6.07, 6.45) is -3.41. The SMILES string of the molecule is CCC(C)C1CSC(=Nc2ccc(Cl)c(C(F)(F)F)c2)N1C. The van der Waals surface area contributed by atoms with Crippen molar-refractivity contribution in [3.63, 3.8) is 0 Å². The van der Waals surface area contributed by atoms with E-state index in [2.05, 4.69) is 23.7 Å². The van der Waals surface area contributed by atoms with Gasteiger partial charge < -0.3 is 4.90 Å². The average Bonchev–Trinajstić information content (AvgIpc) is 2.80. The fraction of sp³-hybridized carbons (Fsp3) is 0.533. The molecule has 1 aromatic rings. The summed E-state index contributed by atoms with van der Waals surface area (Å²) < 4.78 is 38.7. The van der Waals surface area contributed by atoms with E-state index < -0.39 is 11.7 Å². The highest BCUT2D eigenvalue weighted by atomic mass is 35.5. The van der Waals surface area contributed by atoms with Gasteiger partial charge in [-0.1, -0.05) is 43.6 Å². The maximum Gasteiger partial charge on any atom is 0.417 e. The van der Waals surface area contributed by atoms with E-state index in [1.54, 1.807) is 11.8 Å². The van der Waals surface area contributed by atoms with Crippen molar-refractivity contribution in [1.82, 2.24) is 4.90 Å². The summed E-state index contributed by atoms with van der Waals surface area (Å²) in [5, 5.41) is 0.446. The number of rotatable bonds is 3. The van der Waals surface area contributed by atoms with Crippen LogP contribution in [0.3, 0.4) is 0 Å². The van der Waals surface area contributed by atoms with Crippen LogP contribution in [0.2, 0.25) is 5.02 Å². The summed E-state index contributed by atoms with van der Waals surface area (Å²) in [5.74, 6) is 1.42. The molecule has 1 aliphatic rings. The Morgan fingerprint density at radius 2 is 2.14 bits per heavy atom. The number of aliphatic imine (C=N–C) groups is 1. The predicted molar refractivity (Wildman–Crippen MR) is 87.0 cm³/mol. The average molecular weight is 351 g/mol. The molecule has 2 atom stereocenters. The monoisotopic (exact) mass is 350 g/mol. The molecule has 1 saturated heterocycles. The summed E-state index contributed by atoms with van der Waals surface area (Å²) >= 11 is 7.20. The molecule has 2 rings (SSSR count). The second-order valence-electron chi connectivity index (χ2n) is 5.43. The molecule has 0 radical (unpaired) electrons. The van der Waals surface area contributed by atoms with Gasteiger partial charge in [0.15, 0.2) is 5.17 Å². The molecule has 1 heterocycles. The first-order valence-electron chi connectivity index (χ1n) is 7.05. The number of benzene rings is 1. The van der Waals surface area contributed by atoms with Gasteiger partial charge in [0.05, 0.1) is 16.3 Å². The zero-order valence-electron chi connectivity index (χ0n) is 12.6. The van der Waals surface area contributed by atoms with Gasteiger partial charge in [-0.05, 0) is 24.1 Å². The van der Waals surface area contributed by atoms with Gasteiger partial charge in [-0.25, -0.2) is 4.99 Å². The van der Waals surface area contributed by atoms with E-state index in [9.17, 15) is 13.2 Å². The molecule has 2 unspecified atom stereocenters. The first kappa shape index (κ1) is 17.5. The fourth-order valence-electron chi connectivity index (χ4n) is 2.36. The molecule has 0 N–H and O–H groups in total. The van der Waals surface area contributed by atoms with Crippen LogP contribution in [-0.2, 0) is 6.18 Å². The number of hydrogen-bond donors (Lipinski definition) is 0. The highest BCUT2D eigenvalue weighted by molar-refractivity contribution is 8.14. The van der Waals surface area contributed by atoms with E-state index in [1.165, 1.54) is 12.1 Å². The van der Waals surface area contributed by atoms with E-state index in [0.29, 0.717) is 12.0 Å². The minimum Gasteiger partial charge on any atom is -0.350 e. The van der Waals surface area contributed by atoms with Gasteiger partial charge in [-0.3, -0.25) is 0 Å². The number of amidine groups is 1. The molecule has 7 heteroatoms. The molecule has 2 nitrogen and oxygen atoms in total. The zero-order chi connectivity index (χ0) is 16.5. The van der Waals surface area contributed by atoms with Crippen LogP contribution in [-0.4, -0.2) is 28.9 Å². The molecule has 1 aromatic carbocycles. The van der Waals surface area contributed by atoms with Gasteiger partial charge in [0.25, 0.3) is 0 Å². The molecule has 0 bridgehead atoms. The van der Waals surface area contributed by atoms with Crippen molar-refractivity contribution in [3.8, 4) is 0 Å². The molecule has 0 aromatic heterocycles. The van der Waals surface area contributed by atoms with Gasteiger partial charge in [0, 0.05) is 18.8 Å². The molecular weight excluding hydrogens is 333 g/mol. The fourth-order valence-corrected chi connectivity index (χ4v) is 3.96. The summed E-state index contributed by atoms with van der Waals surface area (Å²) in [4.78, 5) is 6.42. The number of halogens is 4. The molecule has 0 saturated carbocycles. The van der Waals surface area contributed by atoms with Gasteiger partial charge in [-0.15, -0.1) is 0 Å². The topological polar surface area (TPSA) is 15.6 Å². The van der Waals surface area contributed by atoms with Crippen molar-refractivity contribution in [2.45, 2.75) is 32.5 Å². The second-order valence-corrected chi connectivity index (χ2v) is 6.83. The van der Waals surface area contributed by atoms with Crippen LogP contribution in [0.4, 0.5) is 18.9 Å². The Morgan fingerprint density at radius 3 is 2.73 bits per heavy atom. The molecule has 122 valence electrons. The Morgan fingerprint density at radius 1 is 1.45 bits per heavy atom. The third-order valence-electron chi connectivity index (χ3n) is 3.96. The van der Waals surface area contributed by atoms with Crippen LogP contribution in [0.15, 0.2) is 23.2 Å². The molecule has 1 fully saturated rings. The first-order chi connectivity index (χ1) is 10.2. The van der Waals surface area contributed by atoms with Crippen LogP contribution in [0.5, 0.6) is 0 Å². The third kappa shape index (κ3) is 3.71. The molecule has 1 aliphatic heterocycles. The highest BCUT2D eigenvalue weighted by Crippen LogP contribution is 2.37. The van der Waals surface area contributed by atoms with Crippen molar-refractivity contribution in [2.24, 2.45) is 10.9 Å². The third-order valence-corrected chi connectivity index (χ3v) is 5.44. The minimum atomic E-state index is -4.47. The zero-order valence-corrected chi connectivity index (χ0v) is 14.2. The van der Waals surface area contributed by atoms with E-state index in [4.69, 9.17) is 11.6 Å². The number of hydrogen-bond acceptors (Lipinski definition) is 2. The maximum atomic E-state index is 12.9. The van der Waals surface area contributed by atoms with Crippen molar-refractivity contribution >= 4 is 34.2 Å². The summed E-state index contributed by atoms with van der Waals surface area (Å²) in [6, 6.07) is 4.12. The van der Waals surface area contributed by atoms with E-state index >= 15 is 0 Å². The predicted octanol–water partition coefficient (Wildman–Crippen LogP) is 5.44. The van der Waals surface area contributed by atoms with Crippen LogP contribution >= 0.6 is 23.4 Å². The van der Waals surface area contributed by atoms with Crippen LogP contribution < -0.4 is 0 Å². The Bertz CT molecular complexity index is 574. The largest absolute Gasteiger partial charge is 0.417 e.